The monoisotopic (exact) mass is 437 g/mol. The number of aromatic nitrogens is 2. The van der Waals surface area contributed by atoms with Gasteiger partial charge in [0.05, 0.1) is 37.3 Å². The molecule has 0 bridgehead atoms. The van der Waals surface area contributed by atoms with E-state index in [0.717, 1.165) is 53.5 Å². The van der Waals surface area contributed by atoms with Crippen LogP contribution in [0.5, 0.6) is 5.75 Å². The molecule has 170 valence electrons. The van der Waals surface area contributed by atoms with Gasteiger partial charge in [-0.2, -0.15) is 0 Å². The van der Waals surface area contributed by atoms with Gasteiger partial charge in [-0.05, 0) is 63.0 Å². The van der Waals surface area contributed by atoms with E-state index >= 15 is 0 Å². The van der Waals surface area contributed by atoms with Crippen molar-refractivity contribution in [2.75, 3.05) is 20.3 Å². The maximum atomic E-state index is 12.3. The predicted molar refractivity (Wildman–Crippen MR) is 124 cm³/mol. The summed E-state index contributed by atoms with van der Waals surface area (Å²) in [4.78, 5) is 24.4. The van der Waals surface area contributed by atoms with Crippen LogP contribution >= 0.6 is 0 Å². The molecule has 8 nitrogen and oxygen atoms in total. The summed E-state index contributed by atoms with van der Waals surface area (Å²) < 4.78 is 7.61. The second-order valence-electron chi connectivity index (χ2n) is 8.61. The number of amides is 1. The number of piperidine rings is 1. The summed E-state index contributed by atoms with van der Waals surface area (Å²) in [5, 5.41) is 7.33. The van der Waals surface area contributed by atoms with E-state index in [0.29, 0.717) is 13.0 Å². The highest BCUT2D eigenvalue weighted by molar-refractivity contribution is 6.03. The van der Waals surface area contributed by atoms with Crippen molar-refractivity contribution in [3.63, 3.8) is 0 Å². The molecule has 1 aromatic heterocycles. The molecule has 1 aromatic carbocycles. The summed E-state index contributed by atoms with van der Waals surface area (Å²) in [5.41, 5.74) is 4.03. The highest BCUT2D eigenvalue weighted by Gasteiger charge is 2.33. The number of imidazole rings is 1. The number of benzene rings is 1. The zero-order chi connectivity index (χ0) is 22.7. The molecule has 3 heterocycles. The van der Waals surface area contributed by atoms with Gasteiger partial charge in [0.2, 0.25) is 5.91 Å². The molecule has 8 heteroatoms. The highest BCUT2D eigenvalue weighted by Crippen LogP contribution is 2.29. The van der Waals surface area contributed by atoms with E-state index in [-0.39, 0.29) is 18.0 Å². The van der Waals surface area contributed by atoms with Gasteiger partial charge in [-0.3, -0.25) is 4.79 Å². The lowest BCUT2D eigenvalue weighted by atomic mass is 9.97. The topological polar surface area (TPSA) is 81.0 Å². The number of amidine groups is 1. The number of nitrogens with zero attached hydrogens (tertiary/aromatic N) is 4. The van der Waals surface area contributed by atoms with Gasteiger partial charge in [0.15, 0.2) is 5.84 Å². The molecule has 2 aliphatic heterocycles. The van der Waals surface area contributed by atoms with Gasteiger partial charge >= 0.3 is 0 Å². The molecule has 1 fully saturated rings. The Morgan fingerprint density at radius 1 is 1.41 bits per heavy atom. The maximum Gasteiger partial charge on any atom is 0.222 e. The van der Waals surface area contributed by atoms with Crippen molar-refractivity contribution in [3.8, 4) is 11.4 Å². The highest BCUT2D eigenvalue weighted by atomic mass is 16.6. The fraction of sp³-hybridized carbons (Fsp3) is 0.458. The number of nitrogens with one attached hydrogen (secondary N) is 1. The lowest BCUT2D eigenvalue weighted by Gasteiger charge is -2.39. The summed E-state index contributed by atoms with van der Waals surface area (Å²) in [6.45, 7) is 7.20. The molecule has 2 aliphatic rings. The first-order valence-corrected chi connectivity index (χ1v) is 11.1. The van der Waals surface area contributed by atoms with Crippen LogP contribution < -0.4 is 10.1 Å². The van der Waals surface area contributed by atoms with Gasteiger partial charge in [0.25, 0.3) is 0 Å². The minimum absolute atomic E-state index is 0.00802. The molecule has 1 atom stereocenters. The van der Waals surface area contributed by atoms with Gasteiger partial charge in [0, 0.05) is 18.8 Å². The minimum Gasteiger partial charge on any atom is -0.495 e. The molecule has 0 saturated carbocycles. The summed E-state index contributed by atoms with van der Waals surface area (Å²) in [6.07, 6.45) is 8.21. The Labute approximate surface area is 188 Å². The van der Waals surface area contributed by atoms with E-state index in [1.807, 2.05) is 43.7 Å². The van der Waals surface area contributed by atoms with Crippen molar-refractivity contribution < 1.29 is 14.4 Å². The van der Waals surface area contributed by atoms with E-state index in [4.69, 9.17) is 9.57 Å². The van der Waals surface area contributed by atoms with Crippen LogP contribution in [0.2, 0.25) is 0 Å². The van der Waals surface area contributed by atoms with Gasteiger partial charge in [0.1, 0.15) is 12.4 Å². The Morgan fingerprint density at radius 2 is 2.25 bits per heavy atom. The summed E-state index contributed by atoms with van der Waals surface area (Å²) in [6, 6.07) is 6.24. The van der Waals surface area contributed by atoms with Crippen LogP contribution in [0.25, 0.3) is 11.8 Å². The number of fused-ring (bicyclic) bond motifs is 1. The summed E-state index contributed by atoms with van der Waals surface area (Å²) in [7, 11) is 1.67. The Hall–Kier alpha value is -3.29. The van der Waals surface area contributed by atoms with Crippen LogP contribution in [-0.4, -0.2) is 58.5 Å². The lowest BCUT2D eigenvalue weighted by Crippen LogP contribution is -2.51. The van der Waals surface area contributed by atoms with Gasteiger partial charge in [-0.25, -0.2) is 4.98 Å². The second kappa shape index (κ2) is 9.46. The number of ether oxygens (including phenoxy) is 1. The molecule has 0 spiro atoms. The molecule has 1 saturated heterocycles. The third-order valence-electron chi connectivity index (χ3n) is 5.67. The zero-order valence-electron chi connectivity index (χ0n) is 19.2. The fourth-order valence-electron chi connectivity index (χ4n) is 4.24. The molecular formula is C24H31N5O3. The number of hydrogen-bond acceptors (Lipinski definition) is 6. The second-order valence-corrected chi connectivity index (χ2v) is 8.61. The maximum absolute atomic E-state index is 12.3. The van der Waals surface area contributed by atoms with E-state index in [1.54, 1.807) is 13.4 Å². The van der Waals surface area contributed by atoms with Crippen LogP contribution in [0.4, 0.5) is 0 Å². The lowest BCUT2D eigenvalue weighted by molar-refractivity contribution is -0.123. The number of carbonyl (C=O) groups excluding carboxylic acids is 1. The predicted octanol–water partition coefficient (Wildman–Crippen LogP) is 3.30. The van der Waals surface area contributed by atoms with E-state index < -0.39 is 0 Å². The zero-order valence-corrected chi connectivity index (χ0v) is 19.2. The van der Waals surface area contributed by atoms with Gasteiger partial charge < -0.3 is 24.4 Å². The van der Waals surface area contributed by atoms with Gasteiger partial charge in [-0.15, -0.1) is 0 Å². The first kappa shape index (κ1) is 21.9. The molecule has 0 unspecified atom stereocenters. The van der Waals surface area contributed by atoms with Crippen molar-refractivity contribution in [1.29, 1.82) is 0 Å². The number of rotatable bonds is 6. The van der Waals surface area contributed by atoms with Crippen molar-refractivity contribution in [1.82, 2.24) is 19.8 Å². The normalized spacial score (nSPS) is 19.4. The molecule has 0 radical (unpaired) electrons. The van der Waals surface area contributed by atoms with Crippen molar-refractivity contribution in [2.45, 2.75) is 52.1 Å². The number of oxime groups is 1. The van der Waals surface area contributed by atoms with Crippen LogP contribution in [-0.2, 0) is 9.63 Å². The molecule has 1 N–H and O–H groups in total. The Balaban J connectivity index is 1.56. The molecule has 1 amide bonds. The first-order chi connectivity index (χ1) is 15.4. The summed E-state index contributed by atoms with van der Waals surface area (Å²) in [5.74, 6) is 1.65. The van der Waals surface area contributed by atoms with E-state index in [1.165, 1.54) is 0 Å². The quantitative estimate of drug-likeness (QED) is 0.750. The first-order valence-electron chi connectivity index (χ1n) is 11.1. The Kier molecular flexibility index (Phi) is 6.48. The molecule has 32 heavy (non-hydrogen) atoms. The fourth-order valence-corrected chi connectivity index (χ4v) is 4.24. The van der Waals surface area contributed by atoms with Crippen molar-refractivity contribution in [3.05, 3.63) is 47.6 Å². The number of aryl methyl sites for hydroxylation is 1. The van der Waals surface area contributed by atoms with Crippen LogP contribution in [0.1, 0.15) is 44.4 Å². The molecular weight excluding hydrogens is 406 g/mol. The standard InChI is InChI=1S/C24H31N5O3/c1-16(2)26-23(30)12-20-14-32-27-24-19(6-5-9-29(20)24)10-18-7-8-21(22(11-18)31-4)28-13-17(3)25-15-28/h7-8,10-11,13,15-16,20H,5-6,9,12,14H2,1-4H3,(H,26,30)/t20-/m0/s1. The van der Waals surface area contributed by atoms with Crippen LogP contribution in [0, 0.1) is 6.92 Å². The number of carbonyl (C=O) groups is 1. The Bertz CT molecular complexity index is 1040. The SMILES string of the molecule is COc1cc(C=C2CCCN3C2=NOC[C@@H]3CC(=O)NC(C)C)ccc1-n1cnc(C)c1. The third-order valence-corrected chi connectivity index (χ3v) is 5.67. The van der Waals surface area contributed by atoms with Crippen LogP contribution in [0.15, 0.2) is 41.5 Å². The van der Waals surface area contributed by atoms with E-state index in [2.05, 4.69) is 32.5 Å². The van der Waals surface area contributed by atoms with E-state index in [9.17, 15) is 4.79 Å². The average molecular weight is 438 g/mol. The summed E-state index contributed by atoms with van der Waals surface area (Å²) >= 11 is 0. The molecule has 4 rings (SSSR count). The van der Waals surface area contributed by atoms with Crippen molar-refractivity contribution in [2.24, 2.45) is 5.16 Å². The molecule has 2 aromatic rings. The average Bonchev–Trinajstić information content (AvgIpc) is 3.19. The van der Waals surface area contributed by atoms with Gasteiger partial charge in [-0.1, -0.05) is 11.2 Å². The van der Waals surface area contributed by atoms with Crippen molar-refractivity contribution >= 4 is 17.8 Å². The third kappa shape index (κ3) is 4.79. The number of methoxy groups -OCH3 is 1. The van der Waals surface area contributed by atoms with Crippen LogP contribution in [0.3, 0.4) is 0 Å². The molecule has 0 aliphatic carbocycles. The Morgan fingerprint density at radius 3 is 2.97 bits per heavy atom. The smallest absolute Gasteiger partial charge is 0.222 e. The minimum atomic E-state index is -0.00802. The number of hydrogen-bond donors (Lipinski definition) is 1. The largest absolute Gasteiger partial charge is 0.495 e.